The van der Waals surface area contributed by atoms with E-state index in [0.29, 0.717) is 20.9 Å². The van der Waals surface area contributed by atoms with E-state index in [2.05, 4.69) is 44.4 Å². The van der Waals surface area contributed by atoms with Gasteiger partial charge in [-0.2, -0.15) is 0 Å². The summed E-state index contributed by atoms with van der Waals surface area (Å²) in [6.45, 7) is 0. The third-order valence-corrected chi connectivity index (χ3v) is 6.72. The van der Waals surface area contributed by atoms with Crippen LogP contribution in [0.2, 0.25) is 10.0 Å². The van der Waals surface area contributed by atoms with Gasteiger partial charge in [-0.1, -0.05) is 29.3 Å². The van der Waals surface area contributed by atoms with Crippen LogP contribution in [-0.4, -0.2) is 24.2 Å². The number of anilines is 2. The first-order chi connectivity index (χ1) is 16.4. The summed E-state index contributed by atoms with van der Waals surface area (Å²) < 4.78 is 6.38. The lowest BCUT2D eigenvalue weighted by Gasteiger charge is -2.26. The van der Waals surface area contributed by atoms with Crippen molar-refractivity contribution in [2.24, 2.45) is 0 Å². The fourth-order valence-corrected chi connectivity index (χ4v) is 5.03. The third-order valence-electron chi connectivity index (χ3n) is 5.86. The molecular weight excluding hydrogens is 487 g/mol. The van der Waals surface area contributed by atoms with Crippen molar-refractivity contribution in [2.45, 2.75) is 12.1 Å². The molecule has 34 heavy (non-hydrogen) atoms. The Morgan fingerprint density at radius 2 is 1.79 bits per heavy atom. The predicted octanol–water partition coefficient (Wildman–Crippen LogP) is 6.89. The SMILES string of the molecule is CN(C)c1ccc(N2C(=S)N[C@@H](c3ccccn3)[C@@H]2c2ccc(-c3ccc(Cl)cc3Cl)o2)cc1. The van der Waals surface area contributed by atoms with E-state index in [0.717, 1.165) is 28.4 Å². The number of pyridine rings is 1. The van der Waals surface area contributed by atoms with Gasteiger partial charge in [0.1, 0.15) is 17.6 Å². The van der Waals surface area contributed by atoms with Crippen molar-refractivity contribution in [3.63, 3.8) is 0 Å². The van der Waals surface area contributed by atoms with E-state index in [1.54, 1.807) is 18.3 Å². The number of nitrogens with zero attached hydrogens (tertiary/aromatic N) is 3. The van der Waals surface area contributed by atoms with E-state index in [4.69, 9.17) is 39.8 Å². The van der Waals surface area contributed by atoms with Crippen LogP contribution in [0.1, 0.15) is 23.5 Å². The molecule has 1 saturated heterocycles. The first-order valence-corrected chi connectivity index (χ1v) is 11.9. The van der Waals surface area contributed by atoms with Crippen molar-refractivity contribution in [2.75, 3.05) is 23.9 Å². The number of hydrogen-bond donors (Lipinski definition) is 1. The Bertz CT molecular complexity index is 1320. The Hall–Kier alpha value is -3.06. The number of thiocarbonyl (C=S) groups is 1. The van der Waals surface area contributed by atoms with Gasteiger partial charge in [0.05, 0.1) is 16.8 Å². The lowest BCUT2D eigenvalue weighted by molar-refractivity contribution is 0.439. The molecule has 0 aliphatic carbocycles. The van der Waals surface area contributed by atoms with Crippen LogP contribution >= 0.6 is 35.4 Å². The molecule has 8 heteroatoms. The molecule has 0 radical (unpaired) electrons. The molecule has 0 saturated carbocycles. The van der Waals surface area contributed by atoms with Crippen molar-refractivity contribution in [1.29, 1.82) is 0 Å². The molecule has 172 valence electrons. The highest BCUT2D eigenvalue weighted by Crippen LogP contribution is 2.43. The lowest BCUT2D eigenvalue weighted by Crippen LogP contribution is -2.29. The van der Waals surface area contributed by atoms with Crippen LogP contribution in [0.4, 0.5) is 11.4 Å². The number of halogens is 2. The fraction of sp³-hybridized carbons (Fsp3) is 0.154. The summed E-state index contributed by atoms with van der Waals surface area (Å²) in [6, 6.07) is 23.0. The molecule has 0 unspecified atom stereocenters. The first kappa shape index (κ1) is 22.7. The van der Waals surface area contributed by atoms with Gasteiger partial charge in [0.15, 0.2) is 5.11 Å². The maximum atomic E-state index is 6.44. The van der Waals surface area contributed by atoms with Gasteiger partial charge >= 0.3 is 0 Å². The van der Waals surface area contributed by atoms with Crippen molar-refractivity contribution in [3.8, 4) is 11.3 Å². The van der Waals surface area contributed by atoms with Crippen molar-refractivity contribution < 1.29 is 4.42 Å². The fourth-order valence-electron chi connectivity index (χ4n) is 4.18. The summed E-state index contributed by atoms with van der Waals surface area (Å²) in [4.78, 5) is 8.74. The second-order valence-electron chi connectivity index (χ2n) is 8.23. The molecule has 3 heterocycles. The van der Waals surface area contributed by atoms with Gasteiger partial charge in [-0.25, -0.2) is 0 Å². The number of hydrogen-bond acceptors (Lipinski definition) is 4. The van der Waals surface area contributed by atoms with Crippen LogP contribution in [0.3, 0.4) is 0 Å². The van der Waals surface area contributed by atoms with Gasteiger partial charge in [-0.3, -0.25) is 4.98 Å². The van der Waals surface area contributed by atoms with Crippen LogP contribution in [0.5, 0.6) is 0 Å². The molecule has 4 aromatic rings. The lowest BCUT2D eigenvalue weighted by atomic mass is 10.0. The van der Waals surface area contributed by atoms with Crippen molar-refractivity contribution in [3.05, 3.63) is 100 Å². The van der Waals surface area contributed by atoms with E-state index >= 15 is 0 Å². The van der Waals surface area contributed by atoms with Gasteiger partial charge in [0.25, 0.3) is 0 Å². The summed E-state index contributed by atoms with van der Waals surface area (Å²) in [7, 11) is 4.03. The van der Waals surface area contributed by atoms with Crippen molar-refractivity contribution in [1.82, 2.24) is 10.3 Å². The summed E-state index contributed by atoms with van der Waals surface area (Å²) in [5, 5.41) is 5.18. The van der Waals surface area contributed by atoms with E-state index in [-0.39, 0.29) is 12.1 Å². The van der Waals surface area contributed by atoms with E-state index in [9.17, 15) is 0 Å². The minimum Gasteiger partial charge on any atom is -0.459 e. The number of nitrogens with one attached hydrogen (secondary N) is 1. The average molecular weight is 509 g/mol. The smallest absolute Gasteiger partial charge is 0.174 e. The minimum absolute atomic E-state index is 0.193. The Morgan fingerprint density at radius 1 is 1.00 bits per heavy atom. The minimum atomic E-state index is -0.243. The Labute approximate surface area is 213 Å². The molecule has 1 aliphatic heterocycles. The molecule has 2 aromatic heterocycles. The van der Waals surface area contributed by atoms with Gasteiger partial charge in [0, 0.05) is 42.3 Å². The number of benzene rings is 2. The van der Waals surface area contributed by atoms with Crippen molar-refractivity contribution >= 4 is 51.9 Å². The summed E-state index contributed by atoms with van der Waals surface area (Å²) in [6.07, 6.45) is 1.78. The zero-order chi connectivity index (χ0) is 23.8. The highest BCUT2D eigenvalue weighted by atomic mass is 35.5. The van der Waals surface area contributed by atoms with Crippen LogP contribution in [0, 0.1) is 0 Å². The first-order valence-electron chi connectivity index (χ1n) is 10.8. The summed E-state index contributed by atoms with van der Waals surface area (Å²) >= 11 is 18.3. The van der Waals surface area contributed by atoms with Crippen LogP contribution in [0.25, 0.3) is 11.3 Å². The Balaban J connectivity index is 1.58. The van der Waals surface area contributed by atoms with Crippen LogP contribution < -0.4 is 15.1 Å². The molecule has 0 spiro atoms. The highest BCUT2D eigenvalue weighted by Gasteiger charge is 2.42. The summed E-state index contributed by atoms with van der Waals surface area (Å²) in [5.74, 6) is 1.41. The third kappa shape index (κ3) is 4.25. The van der Waals surface area contributed by atoms with Crippen LogP contribution in [0.15, 0.2) is 83.4 Å². The molecule has 2 atom stereocenters. The van der Waals surface area contributed by atoms with E-state index in [1.165, 1.54) is 0 Å². The standard InChI is InChI=1S/C26H22Cl2N4OS/c1-31(2)17-7-9-18(10-8-17)32-25(24(30-26(32)34)21-5-3-4-14-29-21)23-13-12-22(33-23)19-11-6-16(27)15-20(19)28/h3-15,24-25H,1-2H3,(H,30,34)/t24-,25-/m0/s1. The molecule has 0 amide bonds. The van der Waals surface area contributed by atoms with Gasteiger partial charge in [-0.05, 0) is 78.9 Å². The second-order valence-corrected chi connectivity index (χ2v) is 9.46. The highest BCUT2D eigenvalue weighted by molar-refractivity contribution is 7.80. The maximum absolute atomic E-state index is 6.44. The summed E-state index contributed by atoms with van der Waals surface area (Å²) in [5.41, 5.74) is 3.73. The number of furan rings is 1. The molecule has 2 aromatic carbocycles. The monoisotopic (exact) mass is 508 g/mol. The molecule has 0 bridgehead atoms. The zero-order valence-electron chi connectivity index (χ0n) is 18.6. The number of aromatic nitrogens is 1. The molecule has 5 nitrogen and oxygen atoms in total. The molecule has 1 aliphatic rings. The van der Waals surface area contributed by atoms with Gasteiger partial charge in [-0.15, -0.1) is 0 Å². The Kier molecular flexibility index (Phi) is 6.21. The normalized spacial score (nSPS) is 17.6. The molecule has 1 N–H and O–H groups in total. The van der Waals surface area contributed by atoms with E-state index < -0.39 is 0 Å². The van der Waals surface area contributed by atoms with Crippen LogP contribution in [-0.2, 0) is 0 Å². The van der Waals surface area contributed by atoms with E-state index in [1.807, 2.05) is 50.5 Å². The average Bonchev–Trinajstić information content (AvgIpc) is 3.44. The molecule has 1 fully saturated rings. The van der Waals surface area contributed by atoms with Gasteiger partial charge < -0.3 is 19.5 Å². The topological polar surface area (TPSA) is 44.5 Å². The maximum Gasteiger partial charge on any atom is 0.174 e. The predicted molar refractivity (Wildman–Crippen MR) is 143 cm³/mol. The number of rotatable bonds is 5. The quantitative estimate of drug-likeness (QED) is 0.296. The zero-order valence-corrected chi connectivity index (χ0v) is 20.9. The molecule has 5 rings (SSSR count). The Morgan fingerprint density at radius 3 is 2.47 bits per heavy atom. The largest absolute Gasteiger partial charge is 0.459 e. The second kappa shape index (κ2) is 9.29. The van der Waals surface area contributed by atoms with Gasteiger partial charge in [0.2, 0.25) is 0 Å². The molecular formula is C26H22Cl2N4OS.